The Bertz CT molecular complexity index is 519. The smallest absolute Gasteiger partial charge is 0.329 e. The zero-order valence-electron chi connectivity index (χ0n) is 16.6. The van der Waals surface area contributed by atoms with Crippen LogP contribution in [0.2, 0.25) is 0 Å². The van der Waals surface area contributed by atoms with Gasteiger partial charge in [0.05, 0.1) is 27.4 Å². The minimum absolute atomic E-state index is 0.0388. The molecule has 0 spiro atoms. The lowest BCUT2D eigenvalue weighted by atomic mass is 10.0. The van der Waals surface area contributed by atoms with E-state index in [0.717, 1.165) is 0 Å². The molecule has 0 radical (unpaired) electrons. The highest BCUT2D eigenvalue weighted by Gasteiger charge is 2.32. The van der Waals surface area contributed by atoms with E-state index >= 15 is 0 Å². The number of carbonyl (C=O) groups excluding carboxylic acids is 1. The Balaban J connectivity index is 3.07. The van der Waals surface area contributed by atoms with Gasteiger partial charge in [-0.25, -0.2) is 4.79 Å². The summed E-state index contributed by atoms with van der Waals surface area (Å²) in [6.07, 6.45) is 0. The summed E-state index contributed by atoms with van der Waals surface area (Å²) in [5.41, 5.74) is 0. The molecule has 1 atom stereocenters. The van der Waals surface area contributed by atoms with Gasteiger partial charge in [-0.2, -0.15) is 0 Å². The maximum atomic E-state index is 13.0. The molecule has 0 aromatic heterocycles. The van der Waals surface area contributed by atoms with Crippen molar-refractivity contribution in [3.63, 3.8) is 0 Å². The van der Waals surface area contributed by atoms with Crippen LogP contribution in [0.5, 0.6) is 17.2 Å². The van der Waals surface area contributed by atoms with Crippen molar-refractivity contribution < 1.29 is 28.5 Å². The van der Waals surface area contributed by atoms with Crippen LogP contribution in [0, 0.1) is 5.92 Å². The number of hydrogen-bond acceptors (Lipinski definition) is 7. The molecule has 0 saturated heterocycles. The second kappa shape index (κ2) is 11.7. The summed E-state index contributed by atoms with van der Waals surface area (Å²) in [5.74, 6) is 0.847. The predicted octanol–water partition coefficient (Wildman–Crippen LogP) is 2.23. The number of nitrogens with zero attached hydrogens (tertiary/aromatic N) is 1. The van der Waals surface area contributed by atoms with E-state index in [1.165, 1.54) is 14.2 Å². The molecule has 1 aromatic carbocycles. The average molecular weight is 369 g/mol. The lowest BCUT2D eigenvalue weighted by Crippen LogP contribution is -2.49. The van der Waals surface area contributed by atoms with Crippen LogP contribution in [0.4, 0.5) is 0 Å². The van der Waals surface area contributed by atoms with Gasteiger partial charge in [-0.1, -0.05) is 19.9 Å². The molecule has 0 heterocycles. The zero-order valence-corrected chi connectivity index (χ0v) is 16.6. The van der Waals surface area contributed by atoms with Crippen molar-refractivity contribution in [3.8, 4) is 17.2 Å². The number of carbonyl (C=O) groups is 1. The molecule has 0 bridgehead atoms. The van der Waals surface area contributed by atoms with Crippen molar-refractivity contribution in [2.24, 2.45) is 5.92 Å². The van der Waals surface area contributed by atoms with Crippen LogP contribution < -0.4 is 14.2 Å². The van der Waals surface area contributed by atoms with Crippen molar-refractivity contribution in [3.05, 3.63) is 18.2 Å². The van der Waals surface area contributed by atoms with E-state index in [1.807, 2.05) is 18.7 Å². The first-order valence-corrected chi connectivity index (χ1v) is 8.64. The highest BCUT2D eigenvalue weighted by Crippen LogP contribution is 2.37. The molecule has 0 unspecified atom stereocenters. The molecule has 0 aliphatic carbocycles. The number of rotatable bonds is 12. The molecular weight excluding hydrogens is 338 g/mol. The first kappa shape index (κ1) is 22.2. The minimum Gasteiger partial charge on any atom is -0.493 e. The van der Waals surface area contributed by atoms with E-state index in [0.29, 0.717) is 37.8 Å². The third-order valence-corrected chi connectivity index (χ3v) is 4.02. The largest absolute Gasteiger partial charge is 0.493 e. The van der Waals surface area contributed by atoms with Crippen LogP contribution in [-0.2, 0) is 14.3 Å². The van der Waals surface area contributed by atoms with Crippen LogP contribution >= 0.6 is 0 Å². The van der Waals surface area contributed by atoms with Crippen LogP contribution in [0.1, 0.15) is 13.8 Å². The van der Waals surface area contributed by atoms with E-state index in [2.05, 4.69) is 0 Å². The third kappa shape index (κ3) is 6.16. The Kier molecular flexibility index (Phi) is 10.0. The maximum absolute atomic E-state index is 13.0. The van der Waals surface area contributed by atoms with Crippen molar-refractivity contribution in [2.75, 3.05) is 54.7 Å². The monoisotopic (exact) mass is 369 g/mol. The van der Waals surface area contributed by atoms with Gasteiger partial charge in [0.2, 0.25) is 5.75 Å². The van der Waals surface area contributed by atoms with Crippen LogP contribution in [0.3, 0.4) is 0 Å². The van der Waals surface area contributed by atoms with Gasteiger partial charge in [0.1, 0.15) is 6.04 Å². The number of hydrogen-bond donors (Lipinski definition) is 0. The van der Waals surface area contributed by atoms with Crippen molar-refractivity contribution in [2.45, 2.75) is 19.9 Å². The van der Waals surface area contributed by atoms with Gasteiger partial charge < -0.3 is 23.7 Å². The Labute approximate surface area is 156 Å². The van der Waals surface area contributed by atoms with Gasteiger partial charge in [0.15, 0.2) is 11.5 Å². The lowest BCUT2D eigenvalue weighted by Gasteiger charge is -2.32. The van der Waals surface area contributed by atoms with E-state index in [-0.39, 0.29) is 17.6 Å². The topological polar surface area (TPSA) is 66.5 Å². The number of methoxy groups -OCH3 is 4. The van der Waals surface area contributed by atoms with E-state index in [4.69, 9.17) is 23.7 Å². The van der Waals surface area contributed by atoms with Crippen LogP contribution in [0.15, 0.2) is 18.2 Å². The first-order valence-electron chi connectivity index (χ1n) is 8.64. The van der Waals surface area contributed by atoms with Crippen molar-refractivity contribution in [1.29, 1.82) is 0 Å². The summed E-state index contributed by atoms with van der Waals surface area (Å²) in [7, 11) is 6.32. The van der Waals surface area contributed by atoms with E-state index < -0.39 is 6.04 Å². The molecule has 0 fully saturated rings. The van der Waals surface area contributed by atoms with Gasteiger partial charge in [-0.3, -0.25) is 4.90 Å². The quantitative estimate of drug-likeness (QED) is 0.413. The zero-order chi connectivity index (χ0) is 19.5. The first-order chi connectivity index (χ1) is 12.5. The fourth-order valence-corrected chi connectivity index (χ4v) is 2.73. The second-order valence-electron chi connectivity index (χ2n) is 6.12. The third-order valence-electron chi connectivity index (χ3n) is 4.02. The SMILES string of the molecule is COCCN(CCOC)[C@H](C(=O)Oc1c(OC)cccc1OC)C(C)C. The fraction of sp³-hybridized carbons (Fsp3) is 0.632. The highest BCUT2D eigenvalue weighted by molar-refractivity contribution is 5.80. The summed E-state index contributed by atoms with van der Waals surface area (Å²) in [6, 6.07) is 4.78. The molecule has 1 aromatic rings. The summed E-state index contributed by atoms with van der Waals surface area (Å²) < 4.78 is 26.7. The van der Waals surface area contributed by atoms with E-state index in [1.54, 1.807) is 32.4 Å². The molecule has 0 saturated carbocycles. The molecule has 0 N–H and O–H groups in total. The van der Waals surface area contributed by atoms with Gasteiger partial charge in [-0.15, -0.1) is 0 Å². The number of esters is 1. The molecule has 0 aliphatic heterocycles. The standard InChI is InChI=1S/C19H31NO6/c1-14(2)17(20(10-12-22-3)11-13-23-4)19(21)26-18-15(24-5)8-7-9-16(18)25-6/h7-9,14,17H,10-13H2,1-6H3/t17-/m0/s1. The van der Waals surface area contributed by atoms with Crippen molar-refractivity contribution in [1.82, 2.24) is 4.90 Å². The maximum Gasteiger partial charge on any atom is 0.329 e. The number of benzene rings is 1. The summed E-state index contributed by atoms with van der Waals surface area (Å²) in [6.45, 7) is 6.19. The Hall–Kier alpha value is -1.83. The summed E-state index contributed by atoms with van der Waals surface area (Å²) in [5, 5.41) is 0. The molecule has 148 valence electrons. The Morgan fingerprint density at radius 1 is 0.962 bits per heavy atom. The predicted molar refractivity (Wildman–Crippen MR) is 99.1 cm³/mol. The van der Waals surface area contributed by atoms with Gasteiger partial charge in [-0.05, 0) is 18.1 Å². The fourth-order valence-electron chi connectivity index (χ4n) is 2.73. The van der Waals surface area contributed by atoms with Gasteiger partial charge in [0.25, 0.3) is 0 Å². The normalized spacial score (nSPS) is 12.3. The highest BCUT2D eigenvalue weighted by atomic mass is 16.6. The van der Waals surface area contributed by atoms with Crippen LogP contribution in [0.25, 0.3) is 0 Å². The molecule has 26 heavy (non-hydrogen) atoms. The molecular formula is C19H31NO6. The second-order valence-corrected chi connectivity index (χ2v) is 6.12. The molecule has 0 aliphatic rings. The van der Waals surface area contributed by atoms with Crippen LogP contribution in [-0.4, -0.2) is 71.7 Å². The Morgan fingerprint density at radius 3 is 1.85 bits per heavy atom. The summed E-state index contributed by atoms with van der Waals surface area (Å²) in [4.78, 5) is 15.0. The summed E-state index contributed by atoms with van der Waals surface area (Å²) >= 11 is 0. The molecule has 7 nitrogen and oxygen atoms in total. The van der Waals surface area contributed by atoms with Gasteiger partial charge >= 0.3 is 5.97 Å². The minimum atomic E-state index is -0.449. The lowest BCUT2D eigenvalue weighted by molar-refractivity contribution is -0.143. The van der Waals surface area contributed by atoms with E-state index in [9.17, 15) is 4.79 Å². The van der Waals surface area contributed by atoms with Crippen molar-refractivity contribution >= 4 is 5.97 Å². The number of para-hydroxylation sites is 1. The molecule has 1 rings (SSSR count). The number of ether oxygens (including phenoxy) is 5. The Morgan fingerprint density at radius 2 is 1.46 bits per heavy atom. The van der Waals surface area contributed by atoms with Gasteiger partial charge in [0, 0.05) is 27.3 Å². The molecule has 7 heteroatoms. The average Bonchev–Trinajstić information content (AvgIpc) is 2.63. The molecule has 0 amide bonds.